The zero-order valence-electron chi connectivity index (χ0n) is 9.27. The Bertz CT molecular complexity index is 569. The van der Waals surface area contributed by atoms with Gasteiger partial charge in [0.1, 0.15) is 0 Å². The van der Waals surface area contributed by atoms with Gasteiger partial charge in [-0.1, -0.05) is 18.2 Å². The SMILES string of the molecule is CC(C)(N=C=O)c1ccc2cccnc2c1. The third-order valence-electron chi connectivity index (χ3n) is 2.64. The molecule has 16 heavy (non-hydrogen) atoms. The minimum Gasteiger partial charge on any atom is -0.256 e. The van der Waals surface area contributed by atoms with Gasteiger partial charge in [0.05, 0.1) is 11.1 Å². The number of aliphatic imine (C=N–C) groups is 1. The molecule has 3 heteroatoms. The Morgan fingerprint density at radius 2 is 2.12 bits per heavy atom. The summed E-state index contributed by atoms with van der Waals surface area (Å²) in [6.45, 7) is 3.75. The van der Waals surface area contributed by atoms with Crippen LogP contribution in [0.3, 0.4) is 0 Å². The van der Waals surface area contributed by atoms with E-state index >= 15 is 0 Å². The summed E-state index contributed by atoms with van der Waals surface area (Å²) in [5, 5.41) is 1.08. The Kier molecular flexibility index (Phi) is 2.55. The maximum Gasteiger partial charge on any atom is 0.235 e. The maximum absolute atomic E-state index is 10.4. The van der Waals surface area contributed by atoms with E-state index in [1.165, 1.54) is 0 Å². The van der Waals surface area contributed by atoms with E-state index in [-0.39, 0.29) is 0 Å². The molecule has 1 heterocycles. The zero-order chi connectivity index (χ0) is 11.6. The highest BCUT2D eigenvalue weighted by atomic mass is 16.1. The Hall–Kier alpha value is -1.99. The Labute approximate surface area is 93.8 Å². The first kappa shape index (κ1) is 10.5. The monoisotopic (exact) mass is 212 g/mol. The summed E-state index contributed by atoms with van der Waals surface area (Å²) in [6.07, 6.45) is 3.36. The highest BCUT2D eigenvalue weighted by molar-refractivity contribution is 5.79. The molecule has 0 fully saturated rings. The van der Waals surface area contributed by atoms with E-state index in [0.717, 1.165) is 16.5 Å². The predicted molar refractivity (Wildman–Crippen MR) is 62.9 cm³/mol. The Balaban J connectivity index is 2.59. The number of aromatic nitrogens is 1. The zero-order valence-corrected chi connectivity index (χ0v) is 9.27. The fraction of sp³-hybridized carbons (Fsp3) is 0.231. The number of hydrogen-bond acceptors (Lipinski definition) is 3. The molecule has 3 nitrogen and oxygen atoms in total. The topological polar surface area (TPSA) is 42.3 Å². The largest absolute Gasteiger partial charge is 0.256 e. The number of isocyanates is 1. The van der Waals surface area contributed by atoms with Crippen LogP contribution in [-0.2, 0) is 10.3 Å². The molecule has 0 saturated heterocycles. The normalized spacial score (nSPS) is 11.1. The van der Waals surface area contributed by atoms with Gasteiger partial charge in [-0.05, 0) is 31.5 Å². The minimum atomic E-state index is -0.548. The van der Waals surface area contributed by atoms with Crippen LogP contribution in [-0.4, -0.2) is 11.1 Å². The maximum atomic E-state index is 10.4. The summed E-state index contributed by atoms with van der Waals surface area (Å²) in [4.78, 5) is 18.4. The summed E-state index contributed by atoms with van der Waals surface area (Å²) < 4.78 is 0. The summed E-state index contributed by atoms with van der Waals surface area (Å²) in [6, 6.07) is 9.81. The highest BCUT2D eigenvalue weighted by Crippen LogP contribution is 2.26. The van der Waals surface area contributed by atoms with Gasteiger partial charge in [0, 0.05) is 11.6 Å². The first-order valence-corrected chi connectivity index (χ1v) is 5.08. The Morgan fingerprint density at radius 3 is 2.88 bits per heavy atom. The molecular weight excluding hydrogens is 200 g/mol. The molecule has 0 aliphatic heterocycles. The third-order valence-corrected chi connectivity index (χ3v) is 2.64. The fourth-order valence-corrected chi connectivity index (χ4v) is 1.63. The average Bonchev–Trinajstić information content (AvgIpc) is 2.28. The van der Waals surface area contributed by atoms with Crippen molar-refractivity contribution in [2.45, 2.75) is 19.4 Å². The van der Waals surface area contributed by atoms with Crippen LogP contribution >= 0.6 is 0 Å². The molecule has 1 aromatic heterocycles. The second kappa shape index (κ2) is 3.87. The third kappa shape index (κ3) is 1.86. The van der Waals surface area contributed by atoms with Crippen LogP contribution in [0.4, 0.5) is 0 Å². The lowest BCUT2D eigenvalue weighted by molar-refractivity contribution is 0.523. The van der Waals surface area contributed by atoms with Crippen molar-refractivity contribution in [2.75, 3.05) is 0 Å². The number of carbonyl (C=O) groups excluding carboxylic acids is 1. The molecule has 0 radical (unpaired) electrons. The second-order valence-corrected chi connectivity index (χ2v) is 4.17. The van der Waals surface area contributed by atoms with Crippen molar-refractivity contribution in [3.05, 3.63) is 42.1 Å². The summed E-state index contributed by atoms with van der Waals surface area (Å²) >= 11 is 0. The number of nitrogens with zero attached hydrogens (tertiary/aromatic N) is 2. The lowest BCUT2D eigenvalue weighted by Crippen LogP contribution is -2.13. The van der Waals surface area contributed by atoms with E-state index in [0.29, 0.717) is 0 Å². The lowest BCUT2D eigenvalue weighted by atomic mass is 9.94. The van der Waals surface area contributed by atoms with Crippen molar-refractivity contribution in [1.82, 2.24) is 4.98 Å². The molecule has 0 aliphatic rings. The summed E-state index contributed by atoms with van der Waals surface area (Å²) in [5.41, 5.74) is 1.32. The molecule has 0 amide bonds. The number of benzene rings is 1. The van der Waals surface area contributed by atoms with Crippen LogP contribution in [0, 0.1) is 0 Å². The quantitative estimate of drug-likeness (QED) is 0.567. The van der Waals surface area contributed by atoms with Crippen LogP contribution in [0.5, 0.6) is 0 Å². The van der Waals surface area contributed by atoms with E-state index in [4.69, 9.17) is 0 Å². The number of rotatable bonds is 2. The molecule has 80 valence electrons. The van der Waals surface area contributed by atoms with Crippen LogP contribution < -0.4 is 0 Å². The van der Waals surface area contributed by atoms with Gasteiger partial charge < -0.3 is 0 Å². The molecule has 1 aromatic carbocycles. The van der Waals surface area contributed by atoms with Crippen molar-refractivity contribution >= 4 is 17.0 Å². The molecule has 0 spiro atoms. The van der Waals surface area contributed by atoms with E-state index in [2.05, 4.69) is 9.98 Å². The van der Waals surface area contributed by atoms with Gasteiger partial charge >= 0.3 is 0 Å². The van der Waals surface area contributed by atoms with E-state index in [1.54, 1.807) is 12.3 Å². The second-order valence-electron chi connectivity index (χ2n) is 4.17. The van der Waals surface area contributed by atoms with Crippen molar-refractivity contribution in [3.8, 4) is 0 Å². The highest BCUT2D eigenvalue weighted by Gasteiger charge is 2.19. The van der Waals surface area contributed by atoms with Gasteiger partial charge in [-0.15, -0.1) is 0 Å². The van der Waals surface area contributed by atoms with E-state index in [9.17, 15) is 4.79 Å². The number of fused-ring (bicyclic) bond motifs is 1. The Morgan fingerprint density at radius 1 is 1.31 bits per heavy atom. The van der Waals surface area contributed by atoms with Gasteiger partial charge in [0.25, 0.3) is 0 Å². The van der Waals surface area contributed by atoms with Gasteiger partial charge in [-0.3, -0.25) is 4.98 Å². The molecule has 2 rings (SSSR count). The van der Waals surface area contributed by atoms with E-state index < -0.39 is 5.54 Å². The molecule has 0 atom stereocenters. The molecule has 0 saturated carbocycles. The fourth-order valence-electron chi connectivity index (χ4n) is 1.63. The van der Waals surface area contributed by atoms with Crippen LogP contribution in [0.15, 0.2) is 41.5 Å². The smallest absolute Gasteiger partial charge is 0.235 e. The molecule has 0 N–H and O–H groups in total. The summed E-state index contributed by atoms with van der Waals surface area (Å²) in [7, 11) is 0. The van der Waals surface area contributed by atoms with Crippen molar-refractivity contribution in [2.24, 2.45) is 4.99 Å². The van der Waals surface area contributed by atoms with Crippen molar-refractivity contribution in [1.29, 1.82) is 0 Å². The average molecular weight is 212 g/mol. The van der Waals surface area contributed by atoms with Crippen molar-refractivity contribution in [3.63, 3.8) is 0 Å². The lowest BCUT2D eigenvalue weighted by Gasteiger charge is -2.18. The van der Waals surface area contributed by atoms with E-state index in [1.807, 2.05) is 44.2 Å². The first-order chi connectivity index (χ1) is 7.63. The van der Waals surface area contributed by atoms with Crippen LogP contribution in [0.2, 0.25) is 0 Å². The van der Waals surface area contributed by atoms with Gasteiger partial charge in [0.15, 0.2) is 0 Å². The first-order valence-electron chi connectivity index (χ1n) is 5.08. The number of pyridine rings is 1. The van der Waals surface area contributed by atoms with Crippen LogP contribution in [0.25, 0.3) is 10.9 Å². The molecule has 0 bridgehead atoms. The van der Waals surface area contributed by atoms with Gasteiger partial charge in [0.2, 0.25) is 6.08 Å². The number of hydrogen-bond donors (Lipinski definition) is 0. The van der Waals surface area contributed by atoms with Gasteiger partial charge in [-0.2, -0.15) is 4.99 Å². The summed E-state index contributed by atoms with van der Waals surface area (Å²) in [5.74, 6) is 0. The molecule has 0 aliphatic carbocycles. The standard InChI is InChI=1S/C13H12N2O/c1-13(2,15-9-16)11-6-5-10-4-3-7-14-12(10)8-11/h3-8H,1-2H3. The predicted octanol–water partition coefficient (Wildman–Crippen LogP) is 2.81. The van der Waals surface area contributed by atoms with Crippen molar-refractivity contribution < 1.29 is 4.79 Å². The van der Waals surface area contributed by atoms with Crippen LogP contribution in [0.1, 0.15) is 19.4 Å². The molecule has 0 unspecified atom stereocenters. The molecular formula is C13H12N2O. The van der Waals surface area contributed by atoms with Gasteiger partial charge in [-0.25, -0.2) is 4.79 Å². The minimum absolute atomic E-state index is 0.548. The molecule has 2 aromatic rings.